The van der Waals surface area contributed by atoms with Crippen molar-refractivity contribution in [3.8, 4) is 11.5 Å². The Morgan fingerprint density at radius 2 is 2.11 bits per heavy atom. The van der Waals surface area contributed by atoms with Crippen LogP contribution in [0.4, 0.5) is 0 Å². The third-order valence-electron chi connectivity index (χ3n) is 3.50. The number of carboxylic acids is 1. The molecule has 0 amide bonds. The zero-order valence-corrected chi connectivity index (χ0v) is 11.2. The highest BCUT2D eigenvalue weighted by molar-refractivity contribution is 5.73. The number of carboxylic acid groups (broad SMARTS) is 1. The first-order valence-electron chi connectivity index (χ1n) is 6.36. The van der Waals surface area contributed by atoms with Gasteiger partial charge >= 0.3 is 5.97 Å². The molecule has 0 aromatic heterocycles. The predicted octanol–water partition coefficient (Wildman–Crippen LogP) is 1.97. The van der Waals surface area contributed by atoms with E-state index < -0.39 is 12.0 Å². The molecule has 2 unspecified atom stereocenters. The van der Waals surface area contributed by atoms with Gasteiger partial charge in [0, 0.05) is 11.6 Å². The number of hydrogen-bond acceptors (Lipinski definition) is 4. The molecule has 1 saturated heterocycles. The van der Waals surface area contributed by atoms with Gasteiger partial charge in [-0.2, -0.15) is 0 Å². The van der Waals surface area contributed by atoms with Crippen molar-refractivity contribution in [1.29, 1.82) is 0 Å². The lowest BCUT2D eigenvalue weighted by Crippen LogP contribution is -2.42. The fraction of sp³-hybridized carbons (Fsp3) is 0.500. The minimum absolute atomic E-state index is 0.0140. The van der Waals surface area contributed by atoms with Gasteiger partial charge in [-0.1, -0.05) is 0 Å². The topological polar surface area (TPSA) is 67.8 Å². The summed E-state index contributed by atoms with van der Waals surface area (Å²) in [4.78, 5) is 11.1. The second kappa shape index (κ2) is 5.93. The van der Waals surface area contributed by atoms with Gasteiger partial charge in [0.2, 0.25) is 0 Å². The molecule has 0 radical (unpaired) electrons. The molecule has 2 atom stereocenters. The predicted molar refractivity (Wildman–Crippen MR) is 70.7 cm³/mol. The van der Waals surface area contributed by atoms with Crippen molar-refractivity contribution in [1.82, 2.24) is 5.32 Å². The standard InChI is InChI=1S/C14H19NO4/c1-18-9-6-7-13(19-2)10(8-9)11-4-3-5-12(15-11)14(16)17/h6-8,11-12,15H,3-5H2,1-2H3,(H,16,17). The summed E-state index contributed by atoms with van der Waals surface area (Å²) in [6.45, 7) is 0. The highest BCUT2D eigenvalue weighted by Crippen LogP contribution is 2.34. The molecule has 2 rings (SSSR count). The van der Waals surface area contributed by atoms with Gasteiger partial charge in [0.05, 0.1) is 14.2 Å². The van der Waals surface area contributed by atoms with Crippen LogP contribution in [0.5, 0.6) is 11.5 Å². The highest BCUT2D eigenvalue weighted by atomic mass is 16.5. The smallest absolute Gasteiger partial charge is 0.320 e. The van der Waals surface area contributed by atoms with E-state index >= 15 is 0 Å². The molecule has 104 valence electrons. The van der Waals surface area contributed by atoms with E-state index in [9.17, 15) is 4.79 Å². The molecular weight excluding hydrogens is 246 g/mol. The first-order valence-corrected chi connectivity index (χ1v) is 6.36. The molecule has 0 aliphatic carbocycles. The average molecular weight is 265 g/mol. The molecule has 19 heavy (non-hydrogen) atoms. The summed E-state index contributed by atoms with van der Waals surface area (Å²) < 4.78 is 10.6. The molecule has 1 aromatic rings. The van der Waals surface area contributed by atoms with Crippen molar-refractivity contribution in [3.05, 3.63) is 23.8 Å². The van der Waals surface area contributed by atoms with Crippen LogP contribution in [0.2, 0.25) is 0 Å². The zero-order valence-electron chi connectivity index (χ0n) is 11.2. The fourth-order valence-corrected chi connectivity index (χ4v) is 2.49. The maximum absolute atomic E-state index is 11.1. The Labute approximate surface area is 112 Å². The average Bonchev–Trinajstić information content (AvgIpc) is 2.46. The SMILES string of the molecule is COc1ccc(OC)c(C2CCCC(C(=O)O)N2)c1. The van der Waals surface area contributed by atoms with Crippen LogP contribution in [-0.2, 0) is 4.79 Å². The molecule has 2 N–H and O–H groups in total. The minimum atomic E-state index is -0.799. The van der Waals surface area contributed by atoms with E-state index in [4.69, 9.17) is 14.6 Å². The Morgan fingerprint density at radius 3 is 2.74 bits per heavy atom. The lowest BCUT2D eigenvalue weighted by atomic mass is 9.93. The summed E-state index contributed by atoms with van der Waals surface area (Å²) in [5.41, 5.74) is 0.952. The van der Waals surface area contributed by atoms with E-state index in [1.54, 1.807) is 14.2 Å². The van der Waals surface area contributed by atoms with Crippen molar-refractivity contribution < 1.29 is 19.4 Å². The van der Waals surface area contributed by atoms with E-state index in [1.807, 2.05) is 18.2 Å². The minimum Gasteiger partial charge on any atom is -0.497 e. The van der Waals surface area contributed by atoms with E-state index in [1.165, 1.54) is 0 Å². The number of hydrogen-bond donors (Lipinski definition) is 2. The third kappa shape index (κ3) is 2.98. The van der Waals surface area contributed by atoms with Gasteiger partial charge in [-0.25, -0.2) is 0 Å². The van der Waals surface area contributed by atoms with E-state index in [0.29, 0.717) is 6.42 Å². The summed E-state index contributed by atoms with van der Waals surface area (Å²) >= 11 is 0. The number of nitrogens with one attached hydrogen (secondary N) is 1. The number of ether oxygens (including phenoxy) is 2. The van der Waals surface area contributed by atoms with Crippen LogP contribution < -0.4 is 14.8 Å². The highest BCUT2D eigenvalue weighted by Gasteiger charge is 2.28. The van der Waals surface area contributed by atoms with Crippen LogP contribution in [0.1, 0.15) is 30.9 Å². The van der Waals surface area contributed by atoms with Gasteiger partial charge in [0.1, 0.15) is 17.5 Å². The molecule has 0 saturated carbocycles. The monoisotopic (exact) mass is 265 g/mol. The van der Waals surface area contributed by atoms with Gasteiger partial charge in [-0.15, -0.1) is 0 Å². The van der Waals surface area contributed by atoms with Crippen molar-refractivity contribution in [2.45, 2.75) is 31.3 Å². The summed E-state index contributed by atoms with van der Waals surface area (Å²) in [5.74, 6) is 0.700. The van der Waals surface area contributed by atoms with Gasteiger partial charge < -0.3 is 14.6 Å². The molecule has 1 aliphatic rings. The van der Waals surface area contributed by atoms with Crippen LogP contribution in [0, 0.1) is 0 Å². The number of piperidine rings is 1. The first kappa shape index (κ1) is 13.7. The molecule has 0 bridgehead atoms. The first-order chi connectivity index (χ1) is 9.15. The second-order valence-corrected chi connectivity index (χ2v) is 4.65. The molecular formula is C14H19NO4. The Hall–Kier alpha value is -1.75. The Balaban J connectivity index is 2.26. The molecule has 1 heterocycles. The van der Waals surface area contributed by atoms with Crippen molar-refractivity contribution in [2.75, 3.05) is 14.2 Å². The number of carbonyl (C=O) groups is 1. The molecule has 5 nitrogen and oxygen atoms in total. The molecule has 1 aromatic carbocycles. The number of benzene rings is 1. The number of rotatable bonds is 4. The van der Waals surface area contributed by atoms with Crippen LogP contribution in [0.15, 0.2) is 18.2 Å². The van der Waals surface area contributed by atoms with Crippen LogP contribution in [0.3, 0.4) is 0 Å². The Kier molecular flexibility index (Phi) is 4.27. The second-order valence-electron chi connectivity index (χ2n) is 4.65. The lowest BCUT2D eigenvalue weighted by molar-refractivity contribution is -0.140. The zero-order chi connectivity index (χ0) is 13.8. The van der Waals surface area contributed by atoms with Crippen molar-refractivity contribution >= 4 is 5.97 Å². The van der Waals surface area contributed by atoms with Crippen LogP contribution >= 0.6 is 0 Å². The van der Waals surface area contributed by atoms with Gasteiger partial charge in [0.25, 0.3) is 0 Å². The molecule has 1 aliphatic heterocycles. The van der Waals surface area contributed by atoms with Crippen molar-refractivity contribution in [2.24, 2.45) is 0 Å². The maximum Gasteiger partial charge on any atom is 0.320 e. The van der Waals surface area contributed by atoms with Gasteiger partial charge in [-0.05, 0) is 37.5 Å². The summed E-state index contributed by atoms with van der Waals surface area (Å²) in [5, 5.41) is 12.3. The van der Waals surface area contributed by atoms with Gasteiger partial charge in [0.15, 0.2) is 0 Å². The normalized spacial score (nSPS) is 22.8. The maximum atomic E-state index is 11.1. The van der Waals surface area contributed by atoms with E-state index in [2.05, 4.69) is 5.32 Å². The summed E-state index contributed by atoms with van der Waals surface area (Å²) in [6, 6.07) is 5.08. The fourth-order valence-electron chi connectivity index (χ4n) is 2.49. The van der Waals surface area contributed by atoms with Crippen molar-refractivity contribution in [3.63, 3.8) is 0 Å². The number of aliphatic carboxylic acids is 1. The van der Waals surface area contributed by atoms with Gasteiger partial charge in [-0.3, -0.25) is 10.1 Å². The summed E-state index contributed by atoms with van der Waals surface area (Å²) in [6.07, 6.45) is 2.44. The lowest BCUT2D eigenvalue weighted by Gasteiger charge is -2.30. The Bertz CT molecular complexity index is 461. The Morgan fingerprint density at radius 1 is 1.32 bits per heavy atom. The summed E-state index contributed by atoms with van der Waals surface area (Å²) in [7, 11) is 3.22. The largest absolute Gasteiger partial charge is 0.497 e. The number of methoxy groups -OCH3 is 2. The third-order valence-corrected chi connectivity index (χ3v) is 3.50. The van der Waals surface area contributed by atoms with E-state index in [0.717, 1.165) is 29.9 Å². The van der Waals surface area contributed by atoms with Crippen LogP contribution in [-0.4, -0.2) is 31.3 Å². The molecule has 1 fully saturated rings. The van der Waals surface area contributed by atoms with E-state index in [-0.39, 0.29) is 6.04 Å². The molecule has 5 heteroatoms. The molecule has 0 spiro atoms. The quantitative estimate of drug-likeness (QED) is 0.871. The van der Waals surface area contributed by atoms with Crippen LogP contribution in [0.25, 0.3) is 0 Å².